The van der Waals surface area contributed by atoms with E-state index < -0.39 is 8.07 Å². The Hall–Kier alpha value is -6.46. The number of fused-ring (bicyclic) bond motifs is 8. The van der Waals surface area contributed by atoms with Crippen LogP contribution in [-0.4, -0.2) is 8.07 Å². The Balaban J connectivity index is 1.08. The molecule has 0 unspecified atom stereocenters. The fourth-order valence-corrected chi connectivity index (χ4v) is 11.7. The highest BCUT2D eigenvalue weighted by molar-refractivity contribution is 7.27. The molecule has 0 aliphatic carbocycles. The Kier molecular flexibility index (Phi) is 9.43. The maximum absolute atomic E-state index is 2.44. The minimum atomic E-state index is -1.41. The van der Waals surface area contributed by atoms with E-state index in [0.717, 1.165) is 17.1 Å². The lowest BCUT2D eigenvalue weighted by molar-refractivity contribution is 1.21. The number of para-hydroxylation sites is 2. The van der Waals surface area contributed by atoms with Gasteiger partial charge >= 0.3 is 0 Å². The zero-order valence-corrected chi connectivity index (χ0v) is 36.9. The molecule has 0 amide bonds. The standard InChI is InChI=1S/C56H48N2SSi/c1-37-33-38(2)55(39(3)34-37)58(43-17-11-8-12-18-43)46-28-32-51-53(36-46)59-56-50-31-23-41(35-52(50)48-19-13-14-20-49(48)54(51)56)40-21-24-44(25-22-40)57(42-15-9-7-10-16-42)45-26-29-47(30-27-45)60(4,5)6/h7-36H,1-6H3. The lowest BCUT2D eigenvalue weighted by atomic mass is 9.94. The second kappa shape index (κ2) is 15.0. The first-order valence-corrected chi connectivity index (χ1v) is 25.2. The van der Waals surface area contributed by atoms with Crippen LogP contribution in [0, 0.1) is 20.8 Å². The molecule has 4 heteroatoms. The average Bonchev–Trinajstić information content (AvgIpc) is 3.65. The summed E-state index contributed by atoms with van der Waals surface area (Å²) in [6.07, 6.45) is 0. The molecule has 1 aromatic heterocycles. The van der Waals surface area contributed by atoms with Gasteiger partial charge in [0, 0.05) is 54.0 Å². The molecule has 0 bridgehead atoms. The summed E-state index contributed by atoms with van der Waals surface area (Å²) < 4.78 is 2.63. The van der Waals surface area contributed by atoms with Crippen molar-refractivity contribution in [2.75, 3.05) is 9.80 Å². The van der Waals surface area contributed by atoms with Gasteiger partial charge in [-0.15, -0.1) is 11.3 Å². The maximum Gasteiger partial charge on any atom is 0.0775 e. The van der Waals surface area contributed by atoms with Crippen LogP contribution in [0.25, 0.3) is 52.8 Å². The molecule has 2 nitrogen and oxygen atoms in total. The highest BCUT2D eigenvalue weighted by Crippen LogP contribution is 2.47. The monoisotopic (exact) mass is 808 g/mol. The Bertz CT molecular complexity index is 3180. The zero-order valence-electron chi connectivity index (χ0n) is 35.1. The lowest BCUT2D eigenvalue weighted by Gasteiger charge is -2.29. The van der Waals surface area contributed by atoms with Crippen molar-refractivity contribution in [3.05, 3.63) is 199 Å². The van der Waals surface area contributed by atoms with Gasteiger partial charge in [-0.1, -0.05) is 146 Å². The first-order valence-electron chi connectivity index (χ1n) is 20.9. The summed E-state index contributed by atoms with van der Waals surface area (Å²) in [5.41, 5.74) is 13.3. The number of hydrogen-bond donors (Lipinski definition) is 0. The van der Waals surface area contributed by atoms with Crippen molar-refractivity contribution in [3.63, 3.8) is 0 Å². The second-order valence-electron chi connectivity index (χ2n) is 17.2. The topological polar surface area (TPSA) is 6.48 Å². The summed E-state index contributed by atoms with van der Waals surface area (Å²) in [7, 11) is -1.41. The van der Waals surface area contributed by atoms with Gasteiger partial charge in [0.15, 0.2) is 0 Å². The summed E-state index contributed by atoms with van der Waals surface area (Å²) in [6, 6.07) is 67.5. The van der Waals surface area contributed by atoms with Gasteiger partial charge < -0.3 is 9.80 Å². The molecule has 0 N–H and O–H groups in total. The van der Waals surface area contributed by atoms with Crippen LogP contribution in [0.1, 0.15) is 16.7 Å². The third-order valence-corrected chi connectivity index (χ3v) is 15.3. The molecule has 292 valence electrons. The Labute approximate surface area is 358 Å². The van der Waals surface area contributed by atoms with E-state index in [9.17, 15) is 0 Å². The van der Waals surface area contributed by atoms with Crippen molar-refractivity contribution < 1.29 is 0 Å². The normalized spacial score (nSPS) is 11.8. The fraction of sp³-hybridized carbons (Fsp3) is 0.107. The van der Waals surface area contributed by atoms with E-state index >= 15 is 0 Å². The van der Waals surface area contributed by atoms with Crippen LogP contribution < -0.4 is 15.0 Å². The van der Waals surface area contributed by atoms with E-state index in [2.05, 4.69) is 232 Å². The number of anilines is 6. The molecular formula is C56H48N2SSi. The molecule has 0 aliphatic heterocycles. The van der Waals surface area contributed by atoms with Crippen LogP contribution in [-0.2, 0) is 0 Å². The van der Waals surface area contributed by atoms with Gasteiger partial charge in [-0.25, -0.2) is 0 Å². The van der Waals surface area contributed by atoms with E-state index in [4.69, 9.17) is 0 Å². The van der Waals surface area contributed by atoms with Gasteiger partial charge in [0.05, 0.1) is 13.8 Å². The van der Waals surface area contributed by atoms with E-state index in [1.54, 1.807) is 0 Å². The number of benzene rings is 9. The highest BCUT2D eigenvalue weighted by atomic mass is 32.1. The molecule has 10 rings (SSSR count). The molecule has 9 aromatic carbocycles. The van der Waals surface area contributed by atoms with Gasteiger partial charge in [-0.05, 0) is 126 Å². The molecule has 0 radical (unpaired) electrons. The third-order valence-electron chi connectivity index (χ3n) is 12.0. The smallest absolute Gasteiger partial charge is 0.0775 e. The second-order valence-corrected chi connectivity index (χ2v) is 23.4. The third kappa shape index (κ3) is 6.66. The summed E-state index contributed by atoms with van der Waals surface area (Å²) in [4.78, 5) is 4.79. The van der Waals surface area contributed by atoms with Crippen LogP contribution in [0.3, 0.4) is 0 Å². The van der Waals surface area contributed by atoms with Crippen LogP contribution in [0.15, 0.2) is 182 Å². The Morgan fingerprint density at radius 2 is 0.917 bits per heavy atom. The summed E-state index contributed by atoms with van der Waals surface area (Å²) >= 11 is 1.91. The van der Waals surface area contributed by atoms with E-state index in [1.807, 2.05) is 11.3 Å². The number of nitrogens with zero attached hydrogens (tertiary/aromatic N) is 2. The minimum Gasteiger partial charge on any atom is -0.311 e. The first-order chi connectivity index (χ1) is 29.1. The van der Waals surface area contributed by atoms with E-state index in [1.165, 1.54) is 91.8 Å². The van der Waals surface area contributed by atoms with Crippen LogP contribution in [0.2, 0.25) is 19.6 Å². The molecule has 1 heterocycles. The zero-order chi connectivity index (χ0) is 41.1. The Morgan fingerprint density at radius 1 is 0.400 bits per heavy atom. The molecule has 0 spiro atoms. The number of hydrogen-bond acceptors (Lipinski definition) is 3. The average molecular weight is 809 g/mol. The molecule has 0 atom stereocenters. The van der Waals surface area contributed by atoms with Gasteiger partial charge in [0.1, 0.15) is 0 Å². The fourth-order valence-electron chi connectivity index (χ4n) is 9.21. The van der Waals surface area contributed by atoms with Gasteiger partial charge in [-0.3, -0.25) is 0 Å². The number of thiophene rings is 1. The van der Waals surface area contributed by atoms with Gasteiger partial charge in [0.25, 0.3) is 0 Å². The molecular weight excluding hydrogens is 761 g/mol. The van der Waals surface area contributed by atoms with Crippen molar-refractivity contribution in [1.29, 1.82) is 0 Å². The molecule has 0 fully saturated rings. The van der Waals surface area contributed by atoms with Crippen molar-refractivity contribution in [3.8, 4) is 11.1 Å². The predicted molar refractivity (Wildman–Crippen MR) is 266 cm³/mol. The van der Waals surface area contributed by atoms with Crippen LogP contribution >= 0.6 is 11.3 Å². The first kappa shape index (κ1) is 37.8. The van der Waals surface area contributed by atoms with Crippen LogP contribution in [0.4, 0.5) is 34.1 Å². The predicted octanol–water partition coefficient (Wildman–Crippen LogP) is 16.4. The van der Waals surface area contributed by atoms with Crippen molar-refractivity contribution in [2.24, 2.45) is 0 Å². The van der Waals surface area contributed by atoms with Crippen molar-refractivity contribution in [1.82, 2.24) is 0 Å². The number of rotatable bonds is 8. The van der Waals surface area contributed by atoms with Crippen LogP contribution in [0.5, 0.6) is 0 Å². The van der Waals surface area contributed by atoms with Gasteiger partial charge in [0.2, 0.25) is 0 Å². The largest absolute Gasteiger partial charge is 0.311 e. The summed E-state index contributed by atoms with van der Waals surface area (Å²) in [5, 5.41) is 9.29. The molecule has 0 aliphatic rings. The molecule has 10 aromatic rings. The molecule has 0 saturated carbocycles. The molecule has 0 saturated heterocycles. The summed E-state index contributed by atoms with van der Waals surface area (Å²) in [5.74, 6) is 0. The van der Waals surface area contributed by atoms with Gasteiger partial charge in [-0.2, -0.15) is 0 Å². The minimum absolute atomic E-state index is 1.14. The number of aryl methyl sites for hydroxylation is 3. The lowest BCUT2D eigenvalue weighted by Crippen LogP contribution is -2.37. The quantitative estimate of drug-likeness (QED) is 0.111. The SMILES string of the molecule is Cc1cc(C)c(N(c2ccccc2)c2ccc3c(c2)sc2c4ccc(-c5ccc(N(c6ccccc6)c6ccc([Si](C)(C)C)cc6)cc5)cc4c4ccccc4c32)c(C)c1. The van der Waals surface area contributed by atoms with Crippen molar-refractivity contribution in [2.45, 2.75) is 40.4 Å². The van der Waals surface area contributed by atoms with E-state index in [0.29, 0.717) is 0 Å². The van der Waals surface area contributed by atoms with Crippen molar-refractivity contribution >= 4 is 100 Å². The maximum atomic E-state index is 2.44. The summed E-state index contributed by atoms with van der Waals surface area (Å²) in [6.45, 7) is 13.9. The van der Waals surface area contributed by atoms with E-state index in [-0.39, 0.29) is 0 Å². The Morgan fingerprint density at radius 3 is 1.55 bits per heavy atom. The molecule has 60 heavy (non-hydrogen) atoms. The highest BCUT2D eigenvalue weighted by Gasteiger charge is 2.21.